The molecule has 6 nitrogen and oxygen atoms in total. The van der Waals surface area contributed by atoms with Gasteiger partial charge in [0.25, 0.3) is 0 Å². The highest BCUT2D eigenvalue weighted by Gasteiger charge is 2.22. The number of likely N-dealkylation sites (N-methyl/N-ethyl adjacent to an activating group) is 1. The Kier molecular flexibility index (Phi) is 6.18. The van der Waals surface area contributed by atoms with Crippen molar-refractivity contribution in [3.05, 3.63) is 17.5 Å². The lowest BCUT2D eigenvalue weighted by Gasteiger charge is -2.37. The number of amides is 1. The van der Waals surface area contributed by atoms with Crippen LogP contribution >= 0.6 is 0 Å². The maximum absolute atomic E-state index is 12.4. The van der Waals surface area contributed by atoms with Crippen LogP contribution in [0.4, 0.5) is 0 Å². The lowest BCUT2D eigenvalue weighted by molar-refractivity contribution is -0.124. The number of piperazine rings is 1. The summed E-state index contributed by atoms with van der Waals surface area (Å²) < 4.78 is 1.80. The summed E-state index contributed by atoms with van der Waals surface area (Å²) in [7, 11) is 0. The van der Waals surface area contributed by atoms with E-state index in [9.17, 15) is 4.79 Å². The molecule has 0 spiro atoms. The van der Waals surface area contributed by atoms with Crippen molar-refractivity contribution in [1.82, 2.24) is 24.9 Å². The van der Waals surface area contributed by atoms with E-state index >= 15 is 0 Å². The van der Waals surface area contributed by atoms with E-state index in [-0.39, 0.29) is 11.9 Å². The number of carbonyl (C=O) groups excluding carboxylic acids is 1. The van der Waals surface area contributed by atoms with E-state index in [2.05, 4.69) is 34.1 Å². The Morgan fingerprint density at radius 1 is 1.26 bits per heavy atom. The lowest BCUT2D eigenvalue weighted by atomic mass is 10.2. The van der Waals surface area contributed by atoms with Crippen molar-refractivity contribution in [1.29, 1.82) is 0 Å². The second kappa shape index (κ2) is 7.93. The average molecular weight is 321 g/mol. The smallest absolute Gasteiger partial charge is 0.244 e. The van der Waals surface area contributed by atoms with Crippen LogP contribution in [0, 0.1) is 13.8 Å². The molecule has 1 aliphatic heterocycles. The summed E-state index contributed by atoms with van der Waals surface area (Å²) in [6.07, 6.45) is 0. The number of aromatic nitrogens is 2. The van der Waals surface area contributed by atoms with Crippen molar-refractivity contribution >= 4 is 5.91 Å². The normalized spacial score (nSPS) is 19.5. The third kappa shape index (κ3) is 4.54. The summed E-state index contributed by atoms with van der Waals surface area (Å²) in [4.78, 5) is 17.3. The monoisotopic (exact) mass is 321 g/mol. The van der Waals surface area contributed by atoms with E-state index in [1.165, 1.54) is 0 Å². The summed E-state index contributed by atoms with van der Waals surface area (Å²) >= 11 is 0. The number of rotatable bonds is 6. The van der Waals surface area contributed by atoms with Crippen LogP contribution in [-0.2, 0) is 4.79 Å². The molecular formula is C17H31N5O. The zero-order valence-corrected chi connectivity index (χ0v) is 15.2. The first-order chi connectivity index (χ1) is 10.9. The van der Waals surface area contributed by atoms with Gasteiger partial charge >= 0.3 is 0 Å². The highest BCUT2D eigenvalue weighted by atomic mass is 16.2. The molecular weight excluding hydrogens is 290 g/mol. The van der Waals surface area contributed by atoms with Crippen molar-refractivity contribution in [2.75, 3.05) is 39.3 Å². The van der Waals surface area contributed by atoms with Crippen LogP contribution in [0.5, 0.6) is 0 Å². The topological polar surface area (TPSA) is 53.4 Å². The summed E-state index contributed by atoms with van der Waals surface area (Å²) in [6.45, 7) is 16.5. The highest BCUT2D eigenvalue weighted by molar-refractivity contribution is 5.79. The van der Waals surface area contributed by atoms with Gasteiger partial charge in [-0.1, -0.05) is 6.92 Å². The Labute approximate surface area is 139 Å². The first-order valence-electron chi connectivity index (χ1n) is 8.69. The number of hydrogen-bond donors (Lipinski definition) is 1. The molecule has 1 fully saturated rings. The Balaban J connectivity index is 1.81. The molecule has 1 saturated heterocycles. The van der Waals surface area contributed by atoms with Gasteiger partial charge in [-0.25, -0.2) is 0 Å². The predicted octanol–water partition coefficient (Wildman–Crippen LogP) is 1.20. The van der Waals surface area contributed by atoms with Gasteiger partial charge in [-0.15, -0.1) is 0 Å². The number of hydrogen-bond acceptors (Lipinski definition) is 4. The third-order valence-electron chi connectivity index (χ3n) is 4.84. The molecule has 1 N–H and O–H groups in total. The zero-order chi connectivity index (χ0) is 17.0. The van der Waals surface area contributed by atoms with Gasteiger partial charge in [0, 0.05) is 44.5 Å². The van der Waals surface area contributed by atoms with Crippen LogP contribution in [0.15, 0.2) is 6.07 Å². The molecule has 0 aromatic carbocycles. The van der Waals surface area contributed by atoms with Crippen LogP contribution in [0.3, 0.4) is 0 Å². The highest BCUT2D eigenvalue weighted by Crippen LogP contribution is 2.11. The van der Waals surface area contributed by atoms with Gasteiger partial charge in [0.1, 0.15) is 6.04 Å². The quantitative estimate of drug-likeness (QED) is 0.855. The number of aryl methyl sites for hydroxylation is 2. The third-order valence-corrected chi connectivity index (χ3v) is 4.84. The van der Waals surface area contributed by atoms with Crippen molar-refractivity contribution < 1.29 is 4.79 Å². The summed E-state index contributed by atoms with van der Waals surface area (Å²) in [5, 5.41) is 7.49. The minimum absolute atomic E-state index is 0.0373. The SMILES string of the molecule is CCN1CCN(C(C)CNC(=O)C(C)n2nc(C)cc2C)CC1. The number of nitrogens with one attached hydrogen (secondary N) is 1. The predicted molar refractivity (Wildman–Crippen MR) is 92.6 cm³/mol. The zero-order valence-electron chi connectivity index (χ0n) is 15.2. The van der Waals surface area contributed by atoms with Crippen LogP contribution in [0.1, 0.15) is 38.2 Å². The van der Waals surface area contributed by atoms with Gasteiger partial charge in [-0.05, 0) is 40.3 Å². The fraction of sp³-hybridized carbons (Fsp3) is 0.765. The summed E-state index contributed by atoms with van der Waals surface area (Å²) in [6, 6.07) is 2.10. The Morgan fingerprint density at radius 2 is 1.91 bits per heavy atom. The fourth-order valence-electron chi connectivity index (χ4n) is 3.19. The second-order valence-corrected chi connectivity index (χ2v) is 6.61. The Hall–Kier alpha value is -1.40. The molecule has 0 bridgehead atoms. The maximum Gasteiger partial charge on any atom is 0.244 e. The molecule has 2 heterocycles. The van der Waals surface area contributed by atoms with Crippen LogP contribution < -0.4 is 5.32 Å². The van der Waals surface area contributed by atoms with Crippen molar-refractivity contribution in [3.8, 4) is 0 Å². The van der Waals surface area contributed by atoms with Crippen LogP contribution in [-0.4, -0.2) is 70.8 Å². The van der Waals surface area contributed by atoms with E-state index < -0.39 is 0 Å². The van der Waals surface area contributed by atoms with Gasteiger partial charge in [-0.3, -0.25) is 14.4 Å². The van der Waals surface area contributed by atoms with Gasteiger partial charge in [-0.2, -0.15) is 5.10 Å². The molecule has 0 aliphatic carbocycles. The fourth-order valence-corrected chi connectivity index (χ4v) is 3.19. The molecule has 0 saturated carbocycles. The van der Waals surface area contributed by atoms with Crippen molar-refractivity contribution in [2.24, 2.45) is 0 Å². The van der Waals surface area contributed by atoms with Crippen LogP contribution in [0.25, 0.3) is 0 Å². The van der Waals surface area contributed by atoms with Gasteiger partial charge in [0.05, 0.1) is 5.69 Å². The minimum atomic E-state index is -0.271. The average Bonchev–Trinajstić information content (AvgIpc) is 2.90. The van der Waals surface area contributed by atoms with E-state index in [0.29, 0.717) is 12.6 Å². The first-order valence-corrected chi connectivity index (χ1v) is 8.69. The van der Waals surface area contributed by atoms with E-state index in [1.807, 2.05) is 26.8 Å². The summed E-state index contributed by atoms with van der Waals surface area (Å²) in [5.41, 5.74) is 1.97. The number of carbonyl (C=O) groups is 1. The van der Waals surface area contributed by atoms with Gasteiger partial charge in [0.2, 0.25) is 5.91 Å². The Morgan fingerprint density at radius 3 is 2.43 bits per heavy atom. The number of nitrogens with zero attached hydrogens (tertiary/aromatic N) is 4. The van der Waals surface area contributed by atoms with E-state index in [4.69, 9.17) is 0 Å². The lowest BCUT2D eigenvalue weighted by Crippen LogP contribution is -2.52. The molecule has 130 valence electrons. The van der Waals surface area contributed by atoms with Crippen molar-refractivity contribution in [3.63, 3.8) is 0 Å². The molecule has 1 aromatic rings. The molecule has 2 rings (SSSR count). The van der Waals surface area contributed by atoms with E-state index in [0.717, 1.165) is 44.1 Å². The molecule has 1 amide bonds. The van der Waals surface area contributed by atoms with Gasteiger partial charge < -0.3 is 10.2 Å². The van der Waals surface area contributed by atoms with E-state index in [1.54, 1.807) is 4.68 Å². The van der Waals surface area contributed by atoms with Crippen LogP contribution in [0.2, 0.25) is 0 Å². The van der Waals surface area contributed by atoms with Gasteiger partial charge in [0.15, 0.2) is 0 Å². The largest absolute Gasteiger partial charge is 0.353 e. The molecule has 0 radical (unpaired) electrons. The molecule has 23 heavy (non-hydrogen) atoms. The minimum Gasteiger partial charge on any atom is -0.353 e. The maximum atomic E-state index is 12.4. The molecule has 2 unspecified atom stereocenters. The Bertz CT molecular complexity index is 519. The summed E-state index contributed by atoms with van der Waals surface area (Å²) in [5.74, 6) is 0.0373. The molecule has 1 aromatic heterocycles. The first kappa shape index (κ1) is 17.9. The second-order valence-electron chi connectivity index (χ2n) is 6.61. The standard InChI is InChI=1S/C17H31N5O/c1-6-20-7-9-21(10-8-20)15(4)12-18-17(23)16(5)22-14(3)11-13(2)19-22/h11,15-16H,6-10,12H2,1-5H3,(H,18,23). The van der Waals surface area contributed by atoms with Crippen molar-refractivity contribution in [2.45, 2.75) is 46.7 Å². The molecule has 6 heteroatoms. The molecule has 2 atom stereocenters. The molecule has 1 aliphatic rings.